The second-order valence-corrected chi connectivity index (χ2v) is 6.59. The highest BCUT2D eigenvalue weighted by atomic mass is 79.9. The Morgan fingerprint density at radius 3 is 2.68 bits per heavy atom. The monoisotopic (exact) mass is 336 g/mol. The molecule has 0 saturated carbocycles. The van der Waals surface area contributed by atoms with Crippen molar-refractivity contribution in [3.8, 4) is 0 Å². The summed E-state index contributed by atoms with van der Waals surface area (Å²) in [7, 11) is 0. The van der Waals surface area contributed by atoms with Gasteiger partial charge in [0.15, 0.2) is 0 Å². The molecule has 19 heavy (non-hydrogen) atoms. The Morgan fingerprint density at radius 1 is 1.26 bits per heavy atom. The van der Waals surface area contributed by atoms with E-state index in [1.54, 1.807) is 11.8 Å². The number of nitrogens with zero attached hydrogens (tertiary/aromatic N) is 1. The quantitative estimate of drug-likeness (QED) is 0.844. The van der Waals surface area contributed by atoms with Crippen molar-refractivity contribution in [2.24, 2.45) is 5.73 Å². The Balaban J connectivity index is 2.29. The Kier molecular flexibility index (Phi) is 5.02. The minimum atomic E-state index is 0.0562. The third kappa shape index (κ3) is 3.81. The van der Waals surface area contributed by atoms with Crippen molar-refractivity contribution in [2.75, 3.05) is 0 Å². The van der Waals surface area contributed by atoms with Crippen molar-refractivity contribution >= 4 is 27.7 Å². The molecule has 0 fully saturated rings. The van der Waals surface area contributed by atoms with Crippen molar-refractivity contribution < 1.29 is 0 Å². The van der Waals surface area contributed by atoms with Crippen molar-refractivity contribution in [3.05, 3.63) is 58.2 Å². The molecular formula is C15H17BrN2S. The van der Waals surface area contributed by atoms with Gasteiger partial charge in [0, 0.05) is 16.7 Å². The van der Waals surface area contributed by atoms with E-state index in [1.807, 2.05) is 25.3 Å². The molecule has 0 amide bonds. The number of halogens is 1. The van der Waals surface area contributed by atoms with Crippen molar-refractivity contribution in [3.63, 3.8) is 0 Å². The van der Waals surface area contributed by atoms with Gasteiger partial charge in [-0.1, -0.05) is 41.6 Å². The predicted molar refractivity (Wildman–Crippen MR) is 85.4 cm³/mol. The molecule has 4 heteroatoms. The fourth-order valence-electron chi connectivity index (χ4n) is 1.90. The number of benzene rings is 1. The van der Waals surface area contributed by atoms with Crippen molar-refractivity contribution in [1.29, 1.82) is 0 Å². The Hall–Kier alpha value is -0.840. The summed E-state index contributed by atoms with van der Waals surface area (Å²) in [6.45, 7) is 4.14. The normalized spacial score (nSPS) is 14.1. The number of hydrogen-bond acceptors (Lipinski definition) is 3. The van der Waals surface area contributed by atoms with Gasteiger partial charge in [-0.3, -0.25) is 0 Å². The molecule has 0 aliphatic carbocycles. The van der Waals surface area contributed by atoms with Crippen molar-refractivity contribution in [2.45, 2.75) is 30.2 Å². The summed E-state index contributed by atoms with van der Waals surface area (Å²) in [5.74, 6) is 0. The summed E-state index contributed by atoms with van der Waals surface area (Å²) in [6.07, 6.45) is 1.81. The average Bonchev–Trinajstić information content (AvgIpc) is 2.37. The number of aromatic nitrogens is 1. The molecule has 2 N–H and O–H groups in total. The van der Waals surface area contributed by atoms with E-state index in [0.29, 0.717) is 0 Å². The highest BCUT2D eigenvalue weighted by Crippen LogP contribution is 2.39. The second-order valence-electron chi connectivity index (χ2n) is 4.60. The van der Waals surface area contributed by atoms with Gasteiger partial charge in [-0.15, -0.1) is 0 Å². The lowest BCUT2D eigenvalue weighted by molar-refractivity contribution is 0.719. The van der Waals surface area contributed by atoms with E-state index >= 15 is 0 Å². The van der Waals surface area contributed by atoms with E-state index in [-0.39, 0.29) is 11.3 Å². The molecule has 0 spiro atoms. The van der Waals surface area contributed by atoms with Gasteiger partial charge in [0.05, 0.1) is 5.25 Å². The lowest BCUT2D eigenvalue weighted by atomic mass is 10.0. The fourth-order valence-corrected chi connectivity index (χ4v) is 3.48. The summed E-state index contributed by atoms with van der Waals surface area (Å²) < 4.78 is 1.01. The van der Waals surface area contributed by atoms with Crippen LogP contribution in [0, 0.1) is 6.92 Å². The van der Waals surface area contributed by atoms with Gasteiger partial charge in [0.2, 0.25) is 0 Å². The topological polar surface area (TPSA) is 38.9 Å². The van der Waals surface area contributed by atoms with E-state index in [2.05, 4.69) is 52.1 Å². The van der Waals surface area contributed by atoms with Gasteiger partial charge >= 0.3 is 0 Å². The van der Waals surface area contributed by atoms with Crippen LogP contribution in [0.4, 0.5) is 0 Å². The van der Waals surface area contributed by atoms with E-state index in [0.717, 1.165) is 9.50 Å². The van der Waals surface area contributed by atoms with Crippen LogP contribution in [0.5, 0.6) is 0 Å². The molecule has 1 aromatic carbocycles. The molecule has 2 nitrogen and oxygen atoms in total. The molecule has 100 valence electrons. The maximum Gasteiger partial charge on any atom is 0.111 e. The number of aryl methyl sites for hydroxylation is 1. The predicted octanol–water partition coefficient (Wildman–Crippen LogP) is 4.33. The minimum absolute atomic E-state index is 0.0562. The van der Waals surface area contributed by atoms with Crippen LogP contribution in [0.1, 0.15) is 23.3 Å². The first-order valence-electron chi connectivity index (χ1n) is 6.17. The van der Waals surface area contributed by atoms with Gasteiger partial charge in [0.1, 0.15) is 5.03 Å². The molecule has 2 atom stereocenters. The average molecular weight is 337 g/mol. The molecule has 2 aromatic rings. The summed E-state index contributed by atoms with van der Waals surface area (Å²) in [6, 6.07) is 12.5. The molecule has 0 bridgehead atoms. The number of hydrogen-bond donors (Lipinski definition) is 1. The van der Waals surface area contributed by atoms with Crippen LogP contribution >= 0.6 is 27.7 Å². The van der Waals surface area contributed by atoms with E-state index < -0.39 is 0 Å². The third-order valence-electron chi connectivity index (χ3n) is 2.81. The standard InChI is InChI=1S/C15H17BrN2S/c1-10-5-3-6-12(9-10)14(11(2)17)19-15-13(16)7-4-8-18-15/h3-9,11,14H,17H2,1-2H3. The van der Waals surface area contributed by atoms with Crippen LogP contribution < -0.4 is 5.73 Å². The lowest BCUT2D eigenvalue weighted by Crippen LogP contribution is -2.22. The molecule has 1 heterocycles. The highest BCUT2D eigenvalue weighted by molar-refractivity contribution is 9.10. The SMILES string of the molecule is Cc1cccc(C(Sc2ncccc2Br)C(C)N)c1. The van der Waals surface area contributed by atoms with E-state index in [1.165, 1.54) is 11.1 Å². The number of thioether (sulfide) groups is 1. The first-order valence-corrected chi connectivity index (χ1v) is 7.84. The Morgan fingerprint density at radius 2 is 2.05 bits per heavy atom. The second kappa shape index (κ2) is 6.55. The largest absolute Gasteiger partial charge is 0.327 e. The summed E-state index contributed by atoms with van der Waals surface area (Å²) in [5, 5.41) is 1.18. The maximum absolute atomic E-state index is 6.15. The van der Waals surface area contributed by atoms with Gasteiger partial charge in [-0.25, -0.2) is 4.98 Å². The lowest BCUT2D eigenvalue weighted by Gasteiger charge is -2.21. The molecular weight excluding hydrogens is 320 g/mol. The molecule has 1 aromatic heterocycles. The maximum atomic E-state index is 6.15. The van der Waals surface area contributed by atoms with Crippen LogP contribution in [0.3, 0.4) is 0 Å². The molecule has 0 saturated heterocycles. The Labute approximate surface area is 126 Å². The smallest absolute Gasteiger partial charge is 0.111 e. The zero-order chi connectivity index (χ0) is 13.8. The Bertz CT molecular complexity index is 557. The van der Waals surface area contributed by atoms with Crippen molar-refractivity contribution in [1.82, 2.24) is 4.98 Å². The van der Waals surface area contributed by atoms with Gasteiger partial charge in [-0.2, -0.15) is 0 Å². The van der Waals surface area contributed by atoms with Crippen LogP contribution in [0.15, 0.2) is 52.1 Å². The summed E-state index contributed by atoms with van der Waals surface area (Å²) in [5.41, 5.74) is 8.65. The highest BCUT2D eigenvalue weighted by Gasteiger charge is 2.19. The molecule has 2 rings (SSSR count). The van der Waals surface area contributed by atoms with Gasteiger partial charge < -0.3 is 5.73 Å². The molecule has 0 aliphatic heterocycles. The molecule has 0 aliphatic rings. The van der Waals surface area contributed by atoms with Crippen LogP contribution in [0.25, 0.3) is 0 Å². The number of nitrogens with two attached hydrogens (primary N) is 1. The van der Waals surface area contributed by atoms with E-state index in [9.17, 15) is 0 Å². The number of rotatable bonds is 4. The first-order chi connectivity index (χ1) is 9.08. The van der Waals surface area contributed by atoms with E-state index in [4.69, 9.17) is 5.73 Å². The zero-order valence-corrected chi connectivity index (χ0v) is 13.4. The third-order valence-corrected chi connectivity index (χ3v) is 5.22. The van der Waals surface area contributed by atoms with Crippen LogP contribution in [-0.4, -0.2) is 11.0 Å². The minimum Gasteiger partial charge on any atom is -0.327 e. The fraction of sp³-hybridized carbons (Fsp3) is 0.267. The molecule has 2 unspecified atom stereocenters. The van der Waals surface area contributed by atoms with Gasteiger partial charge in [0.25, 0.3) is 0 Å². The first kappa shape index (κ1) is 14.6. The van der Waals surface area contributed by atoms with Crippen LogP contribution in [-0.2, 0) is 0 Å². The summed E-state index contributed by atoms with van der Waals surface area (Å²) >= 11 is 5.24. The molecule has 0 radical (unpaired) electrons. The summed E-state index contributed by atoms with van der Waals surface area (Å²) in [4.78, 5) is 4.41. The zero-order valence-electron chi connectivity index (χ0n) is 11.0. The van der Waals surface area contributed by atoms with Gasteiger partial charge in [-0.05, 0) is 47.5 Å². The number of pyridine rings is 1. The van der Waals surface area contributed by atoms with Crippen LogP contribution in [0.2, 0.25) is 0 Å².